The van der Waals surface area contributed by atoms with Gasteiger partial charge in [0.05, 0.1) is 4.88 Å². The number of anilines is 1. The van der Waals surface area contributed by atoms with E-state index in [1.807, 2.05) is 29.6 Å². The van der Waals surface area contributed by atoms with E-state index in [1.165, 1.54) is 0 Å². The van der Waals surface area contributed by atoms with Crippen LogP contribution in [0, 0.1) is 0 Å². The van der Waals surface area contributed by atoms with Crippen molar-refractivity contribution < 1.29 is 0 Å². The minimum absolute atomic E-state index is 0.478. The molecule has 0 spiro atoms. The molecule has 100 valence electrons. The van der Waals surface area contributed by atoms with Gasteiger partial charge in [0.1, 0.15) is 5.69 Å². The lowest BCUT2D eigenvalue weighted by Gasteiger charge is -2.07. The van der Waals surface area contributed by atoms with E-state index in [0.29, 0.717) is 22.4 Å². The summed E-state index contributed by atoms with van der Waals surface area (Å²) in [5.74, 6) is 6.56. The van der Waals surface area contributed by atoms with Crippen molar-refractivity contribution in [3.05, 3.63) is 46.8 Å². The number of nitrogens with zero attached hydrogens (tertiary/aromatic N) is 3. The fourth-order valence-corrected chi connectivity index (χ4v) is 2.52. The summed E-state index contributed by atoms with van der Waals surface area (Å²) < 4.78 is 0. The van der Waals surface area contributed by atoms with Crippen molar-refractivity contribution in [2.45, 2.75) is 0 Å². The van der Waals surface area contributed by atoms with Crippen molar-refractivity contribution in [2.24, 2.45) is 5.84 Å². The first-order chi connectivity index (χ1) is 9.78. The van der Waals surface area contributed by atoms with Crippen molar-refractivity contribution in [1.29, 1.82) is 0 Å². The molecule has 1 aromatic carbocycles. The Labute approximate surface area is 124 Å². The molecule has 2 aromatic heterocycles. The van der Waals surface area contributed by atoms with Crippen molar-refractivity contribution in [1.82, 2.24) is 15.2 Å². The Morgan fingerprint density at radius 2 is 1.90 bits per heavy atom. The molecule has 0 aliphatic carbocycles. The van der Waals surface area contributed by atoms with Crippen LogP contribution < -0.4 is 11.3 Å². The van der Waals surface area contributed by atoms with E-state index in [9.17, 15) is 0 Å². The second-order valence-corrected chi connectivity index (χ2v) is 5.35. The van der Waals surface area contributed by atoms with Crippen LogP contribution in [0.1, 0.15) is 0 Å². The topological polar surface area (TPSA) is 76.7 Å². The molecule has 0 aliphatic heterocycles. The third-order valence-corrected chi connectivity index (χ3v) is 3.80. The SMILES string of the molecule is NNc1nc(-c2cccs2)nnc1-c1ccc(Cl)cc1. The van der Waals surface area contributed by atoms with Gasteiger partial charge in [-0.25, -0.2) is 10.8 Å². The lowest BCUT2D eigenvalue weighted by molar-refractivity contribution is 0.987. The van der Waals surface area contributed by atoms with Crippen LogP contribution in [0.15, 0.2) is 41.8 Å². The third kappa shape index (κ3) is 2.49. The molecule has 0 bridgehead atoms. The Kier molecular flexibility index (Phi) is 3.60. The molecule has 5 nitrogen and oxygen atoms in total. The van der Waals surface area contributed by atoms with Crippen LogP contribution in [0.4, 0.5) is 5.82 Å². The third-order valence-electron chi connectivity index (χ3n) is 2.68. The first-order valence-corrected chi connectivity index (χ1v) is 7.05. The number of hydrazine groups is 1. The largest absolute Gasteiger partial charge is 0.307 e. The zero-order valence-electron chi connectivity index (χ0n) is 10.2. The molecule has 0 amide bonds. The first-order valence-electron chi connectivity index (χ1n) is 5.79. The average molecular weight is 304 g/mol. The van der Waals surface area contributed by atoms with E-state index in [2.05, 4.69) is 20.6 Å². The maximum Gasteiger partial charge on any atom is 0.193 e. The lowest BCUT2D eigenvalue weighted by Crippen LogP contribution is -2.12. The van der Waals surface area contributed by atoms with E-state index in [1.54, 1.807) is 23.5 Å². The molecule has 0 atom stereocenters. The first kappa shape index (κ1) is 13.0. The van der Waals surface area contributed by atoms with Crippen molar-refractivity contribution in [2.75, 3.05) is 5.43 Å². The maximum atomic E-state index is 5.87. The van der Waals surface area contributed by atoms with E-state index in [0.717, 1.165) is 10.4 Å². The molecule has 20 heavy (non-hydrogen) atoms. The maximum absolute atomic E-state index is 5.87. The number of nitrogens with one attached hydrogen (secondary N) is 1. The Morgan fingerprint density at radius 1 is 1.10 bits per heavy atom. The molecule has 0 aliphatic rings. The van der Waals surface area contributed by atoms with Crippen LogP contribution in [0.3, 0.4) is 0 Å². The standard InChI is InChI=1S/C13H10ClN5S/c14-9-5-3-8(4-6-9)11-13(17-15)16-12(19-18-11)10-2-1-7-20-10/h1-7H,15H2,(H,16,17,19). The van der Waals surface area contributed by atoms with Gasteiger partial charge in [-0.15, -0.1) is 21.5 Å². The van der Waals surface area contributed by atoms with Gasteiger partial charge in [-0.3, -0.25) is 0 Å². The van der Waals surface area contributed by atoms with Gasteiger partial charge in [0.2, 0.25) is 0 Å². The minimum Gasteiger partial charge on any atom is -0.307 e. The van der Waals surface area contributed by atoms with Gasteiger partial charge in [0.15, 0.2) is 11.6 Å². The Bertz CT molecular complexity index is 712. The quantitative estimate of drug-likeness (QED) is 0.574. The molecular formula is C13H10ClN5S. The Hall–Kier alpha value is -2.02. The molecule has 0 radical (unpaired) electrons. The molecule has 7 heteroatoms. The van der Waals surface area contributed by atoms with Crippen molar-refractivity contribution in [3.8, 4) is 22.0 Å². The predicted octanol–water partition coefficient (Wildman–Crippen LogP) is 3.21. The van der Waals surface area contributed by atoms with Gasteiger partial charge in [0, 0.05) is 10.6 Å². The lowest BCUT2D eigenvalue weighted by atomic mass is 10.1. The number of halogens is 1. The number of nitrogen functional groups attached to an aromatic ring is 1. The number of benzene rings is 1. The molecule has 2 heterocycles. The van der Waals surface area contributed by atoms with Crippen molar-refractivity contribution in [3.63, 3.8) is 0 Å². The second-order valence-electron chi connectivity index (χ2n) is 3.96. The zero-order chi connectivity index (χ0) is 13.9. The number of aromatic nitrogens is 3. The summed E-state index contributed by atoms with van der Waals surface area (Å²) in [5, 5.41) is 11.0. The number of nitrogens with two attached hydrogens (primary N) is 1. The van der Waals surface area contributed by atoms with Gasteiger partial charge in [-0.1, -0.05) is 29.8 Å². The number of hydrogen-bond donors (Lipinski definition) is 2. The van der Waals surface area contributed by atoms with Gasteiger partial charge in [-0.2, -0.15) is 0 Å². The summed E-state index contributed by atoms with van der Waals surface area (Å²) in [5.41, 5.74) is 4.00. The predicted molar refractivity (Wildman–Crippen MR) is 81.4 cm³/mol. The summed E-state index contributed by atoms with van der Waals surface area (Å²) >= 11 is 7.42. The van der Waals surface area contributed by atoms with Gasteiger partial charge in [0.25, 0.3) is 0 Å². The summed E-state index contributed by atoms with van der Waals surface area (Å²) in [4.78, 5) is 5.34. The monoisotopic (exact) mass is 303 g/mol. The van der Waals surface area contributed by atoms with E-state index < -0.39 is 0 Å². The molecule has 3 N–H and O–H groups in total. The molecule has 0 saturated carbocycles. The van der Waals surface area contributed by atoms with Gasteiger partial charge < -0.3 is 5.43 Å². The summed E-state index contributed by atoms with van der Waals surface area (Å²) in [6, 6.07) is 11.1. The van der Waals surface area contributed by atoms with Crippen LogP contribution in [0.2, 0.25) is 5.02 Å². The normalized spacial score (nSPS) is 10.5. The smallest absolute Gasteiger partial charge is 0.193 e. The Morgan fingerprint density at radius 3 is 2.55 bits per heavy atom. The number of thiophene rings is 1. The van der Waals surface area contributed by atoms with E-state index >= 15 is 0 Å². The van der Waals surface area contributed by atoms with Crippen LogP contribution in [-0.4, -0.2) is 15.2 Å². The van der Waals surface area contributed by atoms with Crippen LogP contribution in [0.25, 0.3) is 22.0 Å². The minimum atomic E-state index is 0.478. The van der Waals surface area contributed by atoms with Crippen molar-refractivity contribution >= 4 is 28.8 Å². The number of rotatable bonds is 3. The highest BCUT2D eigenvalue weighted by Gasteiger charge is 2.12. The van der Waals surface area contributed by atoms with Crippen LogP contribution in [-0.2, 0) is 0 Å². The highest BCUT2D eigenvalue weighted by molar-refractivity contribution is 7.13. The molecule has 3 rings (SSSR count). The van der Waals surface area contributed by atoms with Gasteiger partial charge in [-0.05, 0) is 23.6 Å². The van der Waals surface area contributed by atoms with Crippen LogP contribution >= 0.6 is 22.9 Å². The molecular weight excluding hydrogens is 294 g/mol. The Balaban J connectivity index is 2.06. The average Bonchev–Trinajstić information content (AvgIpc) is 3.02. The fraction of sp³-hybridized carbons (Fsp3) is 0. The summed E-state index contributed by atoms with van der Waals surface area (Å²) in [6.07, 6.45) is 0. The fourth-order valence-electron chi connectivity index (χ4n) is 1.74. The summed E-state index contributed by atoms with van der Waals surface area (Å²) in [6.45, 7) is 0. The molecule has 0 saturated heterocycles. The van der Waals surface area contributed by atoms with E-state index in [4.69, 9.17) is 17.4 Å². The van der Waals surface area contributed by atoms with E-state index in [-0.39, 0.29) is 0 Å². The second kappa shape index (κ2) is 5.54. The number of hydrogen-bond acceptors (Lipinski definition) is 6. The summed E-state index contributed by atoms with van der Waals surface area (Å²) in [7, 11) is 0. The molecule has 3 aromatic rings. The zero-order valence-corrected chi connectivity index (χ0v) is 11.8. The van der Waals surface area contributed by atoms with Gasteiger partial charge >= 0.3 is 0 Å². The highest BCUT2D eigenvalue weighted by atomic mass is 35.5. The molecule has 0 unspecified atom stereocenters. The molecule has 0 fully saturated rings. The van der Waals surface area contributed by atoms with Crippen LogP contribution in [0.5, 0.6) is 0 Å². The highest BCUT2D eigenvalue weighted by Crippen LogP contribution is 2.27.